The van der Waals surface area contributed by atoms with Crippen LogP contribution in [0.2, 0.25) is 0 Å². The van der Waals surface area contributed by atoms with E-state index < -0.39 is 0 Å². The number of benzene rings is 1. The molecule has 0 aliphatic heterocycles. The van der Waals surface area contributed by atoms with Crippen molar-refractivity contribution in [3.8, 4) is 5.75 Å². The van der Waals surface area contributed by atoms with Gasteiger partial charge in [0.2, 0.25) is 0 Å². The van der Waals surface area contributed by atoms with Crippen LogP contribution in [0, 0.1) is 13.8 Å². The van der Waals surface area contributed by atoms with E-state index in [0.717, 1.165) is 35.8 Å². The number of aromatic nitrogens is 3. The maximum Gasteiger partial charge on any atom is 0.192 e. The van der Waals surface area contributed by atoms with Crippen molar-refractivity contribution in [2.24, 2.45) is 12.0 Å². The number of ether oxygens (including phenoxy) is 2. The van der Waals surface area contributed by atoms with Crippen molar-refractivity contribution in [3.05, 3.63) is 41.0 Å². The largest absolute Gasteiger partial charge is 0.490 e. The first-order chi connectivity index (χ1) is 14.6. The summed E-state index contributed by atoms with van der Waals surface area (Å²) < 4.78 is 13.4. The van der Waals surface area contributed by atoms with E-state index in [0.29, 0.717) is 38.3 Å². The van der Waals surface area contributed by atoms with Gasteiger partial charge in [-0.2, -0.15) is 0 Å². The van der Waals surface area contributed by atoms with Gasteiger partial charge < -0.3 is 24.7 Å². The van der Waals surface area contributed by atoms with Crippen LogP contribution < -0.4 is 15.4 Å². The van der Waals surface area contributed by atoms with Gasteiger partial charge in [0.15, 0.2) is 11.8 Å². The van der Waals surface area contributed by atoms with E-state index in [1.165, 1.54) is 18.4 Å². The molecule has 1 aromatic heterocycles. The zero-order valence-electron chi connectivity index (χ0n) is 19.0. The van der Waals surface area contributed by atoms with Crippen LogP contribution in [0.3, 0.4) is 0 Å². The molecule has 0 bridgehead atoms. The topological polar surface area (TPSA) is 85.6 Å². The van der Waals surface area contributed by atoms with Crippen molar-refractivity contribution >= 4 is 29.9 Å². The average molecular weight is 542 g/mol. The molecular weight excluding hydrogens is 507 g/mol. The second-order valence-corrected chi connectivity index (χ2v) is 7.80. The third-order valence-electron chi connectivity index (χ3n) is 5.42. The van der Waals surface area contributed by atoms with Gasteiger partial charge in [0.25, 0.3) is 0 Å². The van der Waals surface area contributed by atoms with Gasteiger partial charge >= 0.3 is 0 Å². The van der Waals surface area contributed by atoms with E-state index in [9.17, 15) is 0 Å². The highest BCUT2D eigenvalue weighted by Crippen LogP contribution is 2.28. The Bertz CT molecular complexity index is 849. The van der Waals surface area contributed by atoms with E-state index in [-0.39, 0.29) is 24.0 Å². The number of nitrogens with zero attached hydrogens (tertiary/aromatic N) is 4. The van der Waals surface area contributed by atoms with Crippen LogP contribution in [-0.4, -0.2) is 47.1 Å². The van der Waals surface area contributed by atoms with Crippen molar-refractivity contribution < 1.29 is 9.47 Å². The van der Waals surface area contributed by atoms with Gasteiger partial charge in [-0.25, -0.2) is 4.99 Å². The zero-order chi connectivity index (χ0) is 21.3. The van der Waals surface area contributed by atoms with Crippen LogP contribution in [0.4, 0.5) is 0 Å². The lowest BCUT2D eigenvalue weighted by atomic mass is 10.1. The highest BCUT2D eigenvalue weighted by atomic mass is 127. The standard InChI is InChI=1S/C22H34N6O2.HI/c1-16-9-10-18(20(13-16)30-19-7-5-6-8-19)14-24-22(23-11-12-29-4)25-15-21-27-26-17(2)28(21)3;/h9-10,13,19H,5-8,11-12,14-15H2,1-4H3,(H2,23,24,25);1H. The molecule has 0 amide bonds. The van der Waals surface area contributed by atoms with Crippen LogP contribution in [-0.2, 0) is 24.9 Å². The van der Waals surface area contributed by atoms with Gasteiger partial charge in [-0.15, -0.1) is 34.2 Å². The number of aliphatic imine (C=N–C) groups is 1. The van der Waals surface area contributed by atoms with E-state index >= 15 is 0 Å². The normalized spacial score (nSPS) is 14.4. The first kappa shape index (κ1) is 25.4. The van der Waals surface area contributed by atoms with Gasteiger partial charge in [0.1, 0.15) is 11.6 Å². The predicted molar refractivity (Wildman–Crippen MR) is 133 cm³/mol. The molecule has 31 heavy (non-hydrogen) atoms. The number of hydrogen-bond donors (Lipinski definition) is 2. The van der Waals surface area contributed by atoms with Crippen LogP contribution in [0.5, 0.6) is 5.75 Å². The van der Waals surface area contributed by atoms with Crippen molar-refractivity contribution in [2.45, 2.75) is 58.7 Å². The molecule has 1 aliphatic rings. The summed E-state index contributed by atoms with van der Waals surface area (Å²) in [7, 11) is 3.65. The molecule has 8 nitrogen and oxygen atoms in total. The monoisotopic (exact) mass is 542 g/mol. The second-order valence-electron chi connectivity index (χ2n) is 7.80. The minimum absolute atomic E-state index is 0. The van der Waals surface area contributed by atoms with E-state index in [2.05, 4.69) is 46.0 Å². The summed E-state index contributed by atoms with van der Waals surface area (Å²) >= 11 is 0. The van der Waals surface area contributed by atoms with Crippen LogP contribution in [0.25, 0.3) is 0 Å². The minimum atomic E-state index is 0. The summed E-state index contributed by atoms with van der Waals surface area (Å²) in [5.41, 5.74) is 2.29. The zero-order valence-corrected chi connectivity index (χ0v) is 21.3. The quantitative estimate of drug-likeness (QED) is 0.219. The maximum absolute atomic E-state index is 6.31. The molecule has 1 fully saturated rings. The Balaban J connectivity index is 0.00000341. The van der Waals surface area contributed by atoms with E-state index in [1.54, 1.807) is 7.11 Å². The molecule has 0 unspecified atom stereocenters. The molecule has 1 aromatic carbocycles. The fraction of sp³-hybridized carbons (Fsp3) is 0.591. The lowest BCUT2D eigenvalue weighted by Gasteiger charge is -2.17. The lowest BCUT2D eigenvalue weighted by molar-refractivity contribution is 0.203. The number of guanidine groups is 1. The molecule has 2 N–H and O–H groups in total. The van der Waals surface area contributed by atoms with Crippen molar-refractivity contribution in [2.75, 3.05) is 20.3 Å². The van der Waals surface area contributed by atoms with E-state index in [4.69, 9.17) is 14.5 Å². The Morgan fingerprint density at radius 3 is 2.65 bits per heavy atom. The molecule has 0 atom stereocenters. The molecule has 1 saturated carbocycles. The first-order valence-corrected chi connectivity index (χ1v) is 10.7. The molecule has 1 aliphatic carbocycles. The molecule has 2 aromatic rings. The summed E-state index contributed by atoms with van der Waals surface area (Å²) in [5, 5.41) is 15.0. The Kier molecular flexibility index (Phi) is 10.5. The molecule has 0 radical (unpaired) electrons. The molecule has 0 saturated heterocycles. The van der Waals surface area contributed by atoms with Crippen molar-refractivity contribution in [1.29, 1.82) is 0 Å². The van der Waals surface area contributed by atoms with Gasteiger partial charge in [-0.3, -0.25) is 0 Å². The fourth-order valence-corrected chi connectivity index (χ4v) is 3.47. The number of nitrogens with one attached hydrogen (secondary N) is 2. The number of rotatable bonds is 9. The minimum Gasteiger partial charge on any atom is -0.490 e. The summed E-state index contributed by atoms with van der Waals surface area (Å²) in [4.78, 5) is 4.78. The summed E-state index contributed by atoms with van der Waals surface area (Å²) in [6, 6.07) is 6.35. The van der Waals surface area contributed by atoms with Crippen LogP contribution >= 0.6 is 24.0 Å². The molecule has 1 heterocycles. The Morgan fingerprint density at radius 2 is 1.97 bits per heavy atom. The first-order valence-electron chi connectivity index (χ1n) is 10.7. The SMILES string of the molecule is COCCNC(=NCc1ccc(C)cc1OC1CCCC1)NCc1nnc(C)n1C.I. The maximum atomic E-state index is 6.31. The third kappa shape index (κ3) is 7.64. The summed E-state index contributed by atoms with van der Waals surface area (Å²) in [6.07, 6.45) is 5.11. The highest BCUT2D eigenvalue weighted by molar-refractivity contribution is 14.0. The Labute approximate surface area is 202 Å². The molecule has 9 heteroatoms. The smallest absolute Gasteiger partial charge is 0.192 e. The van der Waals surface area contributed by atoms with Gasteiger partial charge in [-0.1, -0.05) is 12.1 Å². The third-order valence-corrected chi connectivity index (χ3v) is 5.42. The van der Waals surface area contributed by atoms with Gasteiger partial charge in [-0.05, 0) is 51.2 Å². The second kappa shape index (κ2) is 12.8. The number of aryl methyl sites for hydroxylation is 2. The predicted octanol–water partition coefficient (Wildman–Crippen LogP) is 3.25. The van der Waals surface area contributed by atoms with Crippen molar-refractivity contribution in [1.82, 2.24) is 25.4 Å². The molecule has 0 spiro atoms. The Hall–Kier alpha value is -1.88. The fourth-order valence-electron chi connectivity index (χ4n) is 3.47. The van der Waals surface area contributed by atoms with Gasteiger partial charge in [0, 0.05) is 26.3 Å². The number of halogens is 1. The molecular formula is C22H35IN6O2. The highest BCUT2D eigenvalue weighted by Gasteiger charge is 2.18. The summed E-state index contributed by atoms with van der Waals surface area (Å²) in [5.74, 6) is 3.39. The molecule has 172 valence electrons. The van der Waals surface area contributed by atoms with Gasteiger partial charge in [0.05, 0.1) is 25.8 Å². The van der Waals surface area contributed by atoms with Crippen LogP contribution in [0.15, 0.2) is 23.2 Å². The summed E-state index contributed by atoms with van der Waals surface area (Å²) in [6.45, 7) is 6.37. The average Bonchev–Trinajstić information content (AvgIpc) is 3.35. The molecule has 3 rings (SSSR count). The van der Waals surface area contributed by atoms with E-state index in [1.807, 2.05) is 18.5 Å². The Morgan fingerprint density at radius 1 is 1.19 bits per heavy atom. The van der Waals surface area contributed by atoms with Crippen LogP contribution in [0.1, 0.15) is 48.5 Å². The van der Waals surface area contributed by atoms with Crippen molar-refractivity contribution in [3.63, 3.8) is 0 Å². The lowest BCUT2D eigenvalue weighted by Crippen LogP contribution is -2.39. The number of hydrogen-bond acceptors (Lipinski definition) is 5. The number of methoxy groups -OCH3 is 1.